The molecule has 0 radical (unpaired) electrons. The van der Waals surface area contributed by atoms with Gasteiger partial charge in [-0.2, -0.15) is 0 Å². The van der Waals surface area contributed by atoms with E-state index in [-0.39, 0.29) is 12.4 Å². The van der Waals surface area contributed by atoms with E-state index in [1.165, 1.54) is 33.4 Å². The van der Waals surface area contributed by atoms with E-state index in [1.54, 1.807) is 0 Å². The number of hydrogen-bond acceptors (Lipinski definition) is 3. The summed E-state index contributed by atoms with van der Waals surface area (Å²) in [5.74, 6) is -3.61. The Morgan fingerprint density at radius 2 is 1.93 bits per heavy atom. The molecule has 0 aliphatic carbocycles. The molecule has 15 heavy (non-hydrogen) atoms. The highest BCUT2D eigenvalue weighted by Gasteiger charge is 2.35. The topological polar surface area (TPSA) is 35.0 Å². The van der Waals surface area contributed by atoms with E-state index in [4.69, 9.17) is 4.74 Å². The molecule has 0 spiro atoms. The highest BCUT2D eigenvalue weighted by Crippen LogP contribution is 2.35. The second-order valence-corrected chi connectivity index (χ2v) is 3.34. The third-order valence-corrected chi connectivity index (χ3v) is 2.44. The normalized spacial score (nSPS) is 13.7. The monoisotopic (exact) mass is 216 g/mol. The predicted molar refractivity (Wildman–Crippen MR) is 52.2 cm³/mol. The molecular weight excluding hydrogens is 202 g/mol. The van der Waals surface area contributed by atoms with Crippen LogP contribution in [0, 0.1) is 0 Å². The van der Waals surface area contributed by atoms with Crippen LogP contribution in [-0.2, 0) is 0 Å². The fourth-order valence-electron chi connectivity index (χ4n) is 1.21. The van der Waals surface area contributed by atoms with E-state index in [9.17, 15) is 8.78 Å². The summed E-state index contributed by atoms with van der Waals surface area (Å²) in [6.07, 6.45) is 2.56. The molecule has 1 heterocycles. The van der Waals surface area contributed by atoms with Gasteiger partial charge in [0, 0.05) is 24.7 Å². The maximum atomic E-state index is 13.3. The standard InChI is InChI=1S/C10H14F2N2O/c1-4-10(11,12)7(2)8-5-13-9(15-3)14-6-8/h5-7H,4H2,1-3H3. The Labute approximate surface area is 87.5 Å². The molecule has 0 saturated heterocycles. The lowest BCUT2D eigenvalue weighted by atomic mass is 9.95. The molecule has 5 heteroatoms. The van der Waals surface area contributed by atoms with E-state index in [1.807, 2.05) is 0 Å². The minimum atomic E-state index is -2.72. The molecule has 0 saturated carbocycles. The van der Waals surface area contributed by atoms with Gasteiger partial charge in [-0.3, -0.25) is 0 Å². The highest BCUT2D eigenvalue weighted by molar-refractivity contribution is 5.15. The number of hydrogen-bond donors (Lipinski definition) is 0. The van der Waals surface area contributed by atoms with Crippen molar-refractivity contribution in [1.82, 2.24) is 9.97 Å². The summed E-state index contributed by atoms with van der Waals surface area (Å²) in [6, 6.07) is 0.186. The molecule has 1 rings (SSSR count). The van der Waals surface area contributed by atoms with Gasteiger partial charge in [0.1, 0.15) is 0 Å². The summed E-state index contributed by atoms with van der Waals surface area (Å²) >= 11 is 0. The Kier molecular flexibility index (Phi) is 3.55. The third-order valence-electron chi connectivity index (χ3n) is 2.44. The maximum Gasteiger partial charge on any atom is 0.316 e. The molecule has 0 bridgehead atoms. The van der Waals surface area contributed by atoms with Gasteiger partial charge < -0.3 is 4.74 Å². The Balaban J connectivity index is 2.87. The first kappa shape index (κ1) is 11.8. The van der Waals surface area contributed by atoms with Gasteiger partial charge in [0.15, 0.2) is 0 Å². The van der Waals surface area contributed by atoms with Gasteiger partial charge >= 0.3 is 6.01 Å². The molecule has 1 unspecified atom stereocenters. The molecule has 1 atom stereocenters. The molecule has 1 aromatic heterocycles. The summed E-state index contributed by atoms with van der Waals surface area (Å²) in [6.45, 7) is 2.93. The molecule has 0 amide bonds. The van der Waals surface area contributed by atoms with Crippen molar-refractivity contribution in [1.29, 1.82) is 0 Å². The summed E-state index contributed by atoms with van der Waals surface area (Å²) < 4.78 is 31.4. The first-order valence-corrected chi connectivity index (χ1v) is 4.75. The molecule has 1 aromatic rings. The van der Waals surface area contributed by atoms with Crippen molar-refractivity contribution in [2.45, 2.75) is 32.1 Å². The predicted octanol–water partition coefficient (Wildman–Crippen LogP) is 2.63. The fraction of sp³-hybridized carbons (Fsp3) is 0.600. The summed E-state index contributed by atoms with van der Waals surface area (Å²) in [7, 11) is 1.43. The van der Waals surface area contributed by atoms with Gasteiger partial charge in [0.25, 0.3) is 5.92 Å². The largest absolute Gasteiger partial charge is 0.467 e. The Morgan fingerprint density at radius 1 is 1.40 bits per heavy atom. The number of halogens is 2. The van der Waals surface area contributed by atoms with Crippen LogP contribution in [0.3, 0.4) is 0 Å². The van der Waals surface area contributed by atoms with Gasteiger partial charge in [0.2, 0.25) is 0 Å². The number of aromatic nitrogens is 2. The van der Waals surface area contributed by atoms with Crippen molar-refractivity contribution in [2.24, 2.45) is 0 Å². The van der Waals surface area contributed by atoms with E-state index in [0.29, 0.717) is 5.56 Å². The maximum absolute atomic E-state index is 13.3. The number of rotatable bonds is 4. The van der Waals surface area contributed by atoms with Crippen LogP contribution in [-0.4, -0.2) is 23.0 Å². The van der Waals surface area contributed by atoms with Crippen LogP contribution in [0.25, 0.3) is 0 Å². The molecule has 0 aliphatic heterocycles. The van der Waals surface area contributed by atoms with E-state index < -0.39 is 11.8 Å². The van der Waals surface area contributed by atoms with Crippen LogP contribution in [0.15, 0.2) is 12.4 Å². The molecule has 0 fully saturated rings. The lowest BCUT2D eigenvalue weighted by molar-refractivity contribution is -0.0261. The number of nitrogens with zero attached hydrogens (tertiary/aromatic N) is 2. The average Bonchev–Trinajstić information content (AvgIpc) is 2.28. The molecule has 0 aliphatic rings. The van der Waals surface area contributed by atoms with Gasteiger partial charge in [-0.25, -0.2) is 18.7 Å². The van der Waals surface area contributed by atoms with Gasteiger partial charge in [-0.1, -0.05) is 13.8 Å². The fourth-order valence-corrected chi connectivity index (χ4v) is 1.21. The molecule has 0 N–H and O–H groups in total. The van der Waals surface area contributed by atoms with Crippen molar-refractivity contribution in [3.05, 3.63) is 18.0 Å². The van der Waals surface area contributed by atoms with Crippen LogP contribution in [0.1, 0.15) is 31.7 Å². The smallest absolute Gasteiger partial charge is 0.316 e. The quantitative estimate of drug-likeness (QED) is 0.776. The molecular formula is C10H14F2N2O. The Hall–Kier alpha value is -1.26. The van der Waals surface area contributed by atoms with Gasteiger partial charge in [-0.05, 0) is 5.56 Å². The second-order valence-electron chi connectivity index (χ2n) is 3.34. The number of ether oxygens (including phenoxy) is 1. The van der Waals surface area contributed by atoms with Crippen molar-refractivity contribution < 1.29 is 13.5 Å². The first-order chi connectivity index (χ1) is 7.01. The van der Waals surface area contributed by atoms with Crippen LogP contribution >= 0.6 is 0 Å². The van der Waals surface area contributed by atoms with Crippen molar-refractivity contribution in [2.75, 3.05) is 7.11 Å². The van der Waals surface area contributed by atoms with Crippen LogP contribution in [0.4, 0.5) is 8.78 Å². The lowest BCUT2D eigenvalue weighted by Gasteiger charge is -2.21. The minimum absolute atomic E-state index is 0.186. The summed E-state index contributed by atoms with van der Waals surface area (Å²) in [4.78, 5) is 7.60. The third kappa shape index (κ3) is 2.61. The number of alkyl halides is 2. The van der Waals surface area contributed by atoms with Gasteiger partial charge in [0.05, 0.1) is 7.11 Å². The van der Waals surface area contributed by atoms with E-state index in [2.05, 4.69) is 9.97 Å². The molecule has 84 valence electrons. The van der Waals surface area contributed by atoms with Crippen molar-refractivity contribution >= 4 is 0 Å². The Bertz CT molecular complexity index is 314. The first-order valence-electron chi connectivity index (χ1n) is 4.75. The minimum Gasteiger partial charge on any atom is -0.467 e. The zero-order valence-corrected chi connectivity index (χ0v) is 9.00. The van der Waals surface area contributed by atoms with Crippen LogP contribution in [0.5, 0.6) is 6.01 Å². The average molecular weight is 216 g/mol. The molecule has 3 nitrogen and oxygen atoms in total. The van der Waals surface area contributed by atoms with Crippen LogP contribution in [0.2, 0.25) is 0 Å². The molecule has 0 aromatic carbocycles. The summed E-state index contributed by atoms with van der Waals surface area (Å²) in [5.41, 5.74) is 0.419. The van der Waals surface area contributed by atoms with Crippen molar-refractivity contribution in [3.63, 3.8) is 0 Å². The lowest BCUT2D eigenvalue weighted by Crippen LogP contribution is -2.23. The second kappa shape index (κ2) is 4.51. The van der Waals surface area contributed by atoms with E-state index >= 15 is 0 Å². The SMILES string of the molecule is CCC(F)(F)C(C)c1cnc(OC)nc1. The van der Waals surface area contributed by atoms with Gasteiger partial charge in [-0.15, -0.1) is 0 Å². The van der Waals surface area contributed by atoms with Crippen LogP contribution < -0.4 is 4.74 Å². The Morgan fingerprint density at radius 3 is 2.33 bits per heavy atom. The zero-order valence-electron chi connectivity index (χ0n) is 9.00. The number of methoxy groups -OCH3 is 1. The zero-order chi connectivity index (χ0) is 11.5. The van der Waals surface area contributed by atoms with E-state index in [0.717, 1.165) is 0 Å². The summed E-state index contributed by atoms with van der Waals surface area (Å²) in [5, 5.41) is 0. The highest BCUT2D eigenvalue weighted by atomic mass is 19.3. The van der Waals surface area contributed by atoms with Crippen molar-refractivity contribution in [3.8, 4) is 6.01 Å².